The first kappa shape index (κ1) is 48.6. The number of ether oxygens (including phenoxy) is 4. The number of hydrogen-bond donors (Lipinski definition) is 4. The van der Waals surface area contributed by atoms with Crippen molar-refractivity contribution >= 4 is 75.9 Å². The predicted octanol–water partition coefficient (Wildman–Crippen LogP) is 3.28. The molecule has 0 saturated carbocycles. The first-order chi connectivity index (χ1) is 21.0. The summed E-state index contributed by atoms with van der Waals surface area (Å²) in [7, 11) is 5.32. The van der Waals surface area contributed by atoms with Gasteiger partial charge >= 0.3 is 23.9 Å². The molecule has 0 unspecified atom stereocenters. The van der Waals surface area contributed by atoms with Crippen molar-refractivity contribution in [3.63, 3.8) is 0 Å². The number of halogens is 1. The Hall–Kier alpha value is -4.27. The molecule has 0 atom stereocenters. The van der Waals surface area contributed by atoms with Crippen LogP contribution >= 0.6 is 22.6 Å². The summed E-state index contributed by atoms with van der Waals surface area (Å²) in [5.74, 6) is -3.09. The van der Waals surface area contributed by atoms with Crippen LogP contribution in [0.4, 0.5) is 11.4 Å². The molecule has 0 heterocycles. The van der Waals surface area contributed by atoms with E-state index in [2.05, 4.69) is 48.1 Å². The van der Waals surface area contributed by atoms with Crippen LogP contribution in [-0.2, 0) is 81.0 Å². The maximum Gasteiger partial charge on any atom is 0.330 e. The zero-order chi connectivity index (χ0) is 35.5. The molecule has 2 aromatic carbocycles. The molecule has 46 heavy (non-hydrogen) atoms. The van der Waals surface area contributed by atoms with Crippen LogP contribution in [0.15, 0.2) is 55.1 Å². The van der Waals surface area contributed by atoms with Crippen LogP contribution in [0.2, 0.25) is 0 Å². The van der Waals surface area contributed by atoms with Gasteiger partial charge in [0, 0.05) is 61.4 Å². The second-order valence-corrected chi connectivity index (χ2v) is 9.11. The van der Waals surface area contributed by atoms with Crippen molar-refractivity contribution < 1.29 is 78.4 Å². The molecule has 0 aliphatic heterocycles. The molecule has 0 fully saturated rings. The Morgan fingerprint density at radius 1 is 0.739 bits per heavy atom. The molecule has 0 aliphatic carbocycles. The van der Waals surface area contributed by atoms with Gasteiger partial charge in [0.15, 0.2) is 0 Å². The van der Waals surface area contributed by atoms with Gasteiger partial charge in [-0.05, 0) is 69.6 Å². The SMILES string of the molecule is C=CC(=O)OC.CC(=O)O.CC(=O)O.COC(=O)/C=C/c1cc(CC(=O)OC)ccc1N.COC(=O)Cc1ccc(N)c(I)c1.[Pd]. The summed E-state index contributed by atoms with van der Waals surface area (Å²) in [6.45, 7) is 5.32. The Balaban J connectivity index is -0.000000274. The van der Waals surface area contributed by atoms with E-state index in [4.69, 9.17) is 31.3 Å². The van der Waals surface area contributed by atoms with Crippen molar-refractivity contribution in [2.75, 3.05) is 39.9 Å². The topological polar surface area (TPSA) is 232 Å². The van der Waals surface area contributed by atoms with Crippen molar-refractivity contribution in [1.82, 2.24) is 0 Å². The molecule has 0 aliphatic rings. The summed E-state index contributed by atoms with van der Waals surface area (Å²) in [6.07, 6.45) is 4.39. The monoisotopic (exact) mass is 852 g/mol. The maximum atomic E-state index is 11.1. The van der Waals surface area contributed by atoms with Gasteiger partial charge in [0.2, 0.25) is 0 Å². The van der Waals surface area contributed by atoms with Crippen molar-refractivity contribution in [2.24, 2.45) is 0 Å². The van der Waals surface area contributed by atoms with Crippen LogP contribution in [0.1, 0.15) is 30.5 Å². The second-order valence-electron chi connectivity index (χ2n) is 7.95. The molecule has 6 N–H and O–H groups in total. The summed E-state index contributed by atoms with van der Waals surface area (Å²) in [4.78, 5) is 60.9. The van der Waals surface area contributed by atoms with Crippen LogP contribution in [0.3, 0.4) is 0 Å². The zero-order valence-corrected chi connectivity index (χ0v) is 29.9. The van der Waals surface area contributed by atoms with E-state index in [-0.39, 0.29) is 38.8 Å². The summed E-state index contributed by atoms with van der Waals surface area (Å²) in [5, 5.41) is 14.8. The van der Waals surface area contributed by atoms with Gasteiger partial charge in [-0.2, -0.15) is 0 Å². The average molecular weight is 853 g/mol. The first-order valence-electron chi connectivity index (χ1n) is 12.4. The fourth-order valence-corrected chi connectivity index (χ4v) is 2.93. The van der Waals surface area contributed by atoms with Gasteiger partial charge in [-0.15, -0.1) is 0 Å². The van der Waals surface area contributed by atoms with Gasteiger partial charge in [0.05, 0.1) is 41.3 Å². The number of esters is 4. The molecule has 16 heteroatoms. The minimum absolute atomic E-state index is 0. The van der Waals surface area contributed by atoms with Crippen LogP contribution in [-0.4, -0.2) is 74.5 Å². The minimum atomic E-state index is -0.833. The number of aliphatic carboxylic acids is 2. The van der Waals surface area contributed by atoms with E-state index < -0.39 is 23.9 Å². The molecule has 2 aromatic rings. The van der Waals surface area contributed by atoms with Gasteiger partial charge in [-0.25, -0.2) is 9.59 Å². The second kappa shape index (κ2) is 29.4. The van der Waals surface area contributed by atoms with E-state index in [1.54, 1.807) is 30.3 Å². The van der Waals surface area contributed by atoms with Crippen LogP contribution < -0.4 is 11.5 Å². The molecule has 2 rings (SSSR count). The third-order valence-corrected chi connectivity index (χ3v) is 5.27. The Kier molecular flexibility index (Phi) is 31.1. The summed E-state index contributed by atoms with van der Waals surface area (Å²) >= 11 is 2.13. The number of anilines is 2. The van der Waals surface area contributed by atoms with E-state index in [0.29, 0.717) is 17.7 Å². The minimum Gasteiger partial charge on any atom is -0.481 e. The van der Waals surface area contributed by atoms with Gasteiger partial charge in [0.25, 0.3) is 11.9 Å². The van der Waals surface area contributed by atoms with Crippen LogP contribution in [0.5, 0.6) is 0 Å². The van der Waals surface area contributed by atoms with Crippen molar-refractivity contribution in [3.05, 3.63) is 75.4 Å². The quantitative estimate of drug-likeness (QED) is 0.0783. The van der Waals surface area contributed by atoms with Crippen LogP contribution in [0, 0.1) is 3.57 Å². The van der Waals surface area contributed by atoms with Crippen molar-refractivity contribution in [1.29, 1.82) is 0 Å². The number of methoxy groups -OCH3 is 4. The number of rotatable bonds is 7. The van der Waals surface area contributed by atoms with E-state index in [0.717, 1.165) is 40.3 Å². The zero-order valence-electron chi connectivity index (χ0n) is 26.1. The number of nitrogen functional groups attached to an aromatic ring is 2. The number of nitrogens with two attached hydrogens (primary N) is 2. The molecule has 14 nitrogen and oxygen atoms in total. The molecule has 0 spiro atoms. The Morgan fingerprint density at radius 2 is 1.13 bits per heavy atom. The summed E-state index contributed by atoms with van der Waals surface area (Å²) in [5.41, 5.74) is 15.0. The molecule has 0 aromatic heterocycles. The first-order valence-corrected chi connectivity index (χ1v) is 13.5. The third-order valence-electron chi connectivity index (χ3n) is 4.34. The van der Waals surface area contributed by atoms with Gasteiger partial charge in [-0.1, -0.05) is 18.7 Å². The van der Waals surface area contributed by atoms with Crippen molar-refractivity contribution in [3.8, 4) is 0 Å². The van der Waals surface area contributed by atoms with Gasteiger partial charge in [-0.3, -0.25) is 19.2 Å². The molecule has 258 valence electrons. The number of hydrogen-bond acceptors (Lipinski definition) is 12. The number of carboxylic acid groups (broad SMARTS) is 2. The van der Waals surface area contributed by atoms with E-state index >= 15 is 0 Å². The van der Waals surface area contributed by atoms with E-state index in [9.17, 15) is 19.2 Å². The fraction of sp³-hybridized carbons (Fsp3) is 0.267. The Morgan fingerprint density at radius 3 is 1.46 bits per heavy atom. The maximum absolute atomic E-state index is 11.1. The number of benzene rings is 2. The van der Waals surface area contributed by atoms with E-state index in [1.165, 1.54) is 34.5 Å². The third kappa shape index (κ3) is 29.8. The van der Waals surface area contributed by atoms with Gasteiger partial charge in [0.1, 0.15) is 0 Å². The standard InChI is InChI=1S/C13H15NO4.C9H10INO2.C4H6O2.2C2H4O2.Pd/c1-17-12(15)6-4-10-7-9(3-5-11(10)14)8-13(16)18-2;1-13-9(12)5-6-2-3-8(11)7(10)4-6;1-3-4(5)6-2;2*1-2(3)4;/h3-7H,8,14H2,1-2H3;2-4H,5,11H2,1H3;3H,1H2,2H3;2*1H3,(H,3,4);/b6-4+;;;;;. The Labute approximate surface area is 294 Å². The molecule has 0 saturated heterocycles. The van der Waals surface area contributed by atoms with Gasteiger partial charge < -0.3 is 40.6 Å². The average Bonchev–Trinajstić information content (AvgIpc) is 2.98. The summed E-state index contributed by atoms with van der Waals surface area (Å²) < 4.78 is 18.7. The molecular weight excluding hydrogens is 814 g/mol. The molecule has 0 radical (unpaired) electrons. The Bertz CT molecular complexity index is 1300. The summed E-state index contributed by atoms with van der Waals surface area (Å²) in [6, 6.07) is 10.6. The normalized spacial score (nSPS) is 8.76. The largest absolute Gasteiger partial charge is 0.481 e. The molecule has 0 amide bonds. The van der Waals surface area contributed by atoms with E-state index in [1.807, 2.05) is 12.1 Å². The predicted molar refractivity (Wildman–Crippen MR) is 176 cm³/mol. The molecule has 0 bridgehead atoms. The van der Waals surface area contributed by atoms with Crippen molar-refractivity contribution in [2.45, 2.75) is 26.7 Å². The molecular formula is C30H39IN2O12Pd. The number of carboxylic acids is 2. The van der Waals surface area contributed by atoms with Crippen LogP contribution in [0.25, 0.3) is 6.08 Å². The number of carbonyl (C=O) groups is 6. The number of carbonyl (C=O) groups excluding carboxylic acids is 4. The smallest absolute Gasteiger partial charge is 0.330 e. The fourth-order valence-electron chi connectivity index (χ4n) is 2.35.